The number of H-pyrrole nitrogens is 1. The van der Waals surface area contributed by atoms with Gasteiger partial charge >= 0.3 is 0 Å². The number of hydrogen-bond acceptors (Lipinski definition) is 5. The van der Waals surface area contributed by atoms with Crippen LogP contribution in [0, 0.1) is 11.3 Å². The first kappa shape index (κ1) is 21.2. The Hall–Kier alpha value is -3.05. The number of pyridine rings is 1. The lowest BCUT2D eigenvalue weighted by Crippen LogP contribution is -2.47. The fourth-order valence-electron chi connectivity index (χ4n) is 4.18. The van der Waals surface area contributed by atoms with Crippen LogP contribution in [0.4, 0.5) is 0 Å². The number of allylic oxidation sites excluding steroid dienone is 2. The van der Waals surface area contributed by atoms with E-state index in [-0.39, 0.29) is 18.4 Å². The number of hydrogen-bond donors (Lipinski definition) is 2. The standard InChI is InChI=1S/C23H27N6OS/c1-28-15-19(17-12-16-8-10-25-23(16)26-13-17)20(5-6-22(28)31-2)27-18-4-3-11-29(14-18)21(30)7-9-24/h5,8,10,12-13,15,18,27H,3-4,6-7,11,14H2,1-2H3,(H,25,26)/q+1. The lowest BCUT2D eigenvalue weighted by atomic mass is 10.0. The van der Waals surface area contributed by atoms with Gasteiger partial charge in [0.05, 0.1) is 18.1 Å². The molecule has 160 valence electrons. The molecule has 0 bridgehead atoms. The summed E-state index contributed by atoms with van der Waals surface area (Å²) in [5.41, 5.74) is 4.07. The highest BCUT2D eigenvalue weighted by Gasteiger charge is 2.26. The molecule has 2 aliphatic heterocycles. The third-order valence-electron chi connectivity index (χ3n) is 5.80. The summed E-state index contributed by atoms with van der Waals surface area (Å²) in [5, 5.41) is 14.9. The summed E-state index contributed by atoms with van der Waals surface area (Å²) in [6, 6.07) is 6.31. The van der Waals surface area contributed by atoms with Gasteiger partial charge in [-0.1, -0.05) is 11.8 Å². The molecule has 0 spiro atoms. The number of aromatic amines is 1. The fraction of sp³-hybridized carbons (Fsp3) is 0.391. The molecule has 1 saturated heterocycles. The minimum Gasteiger partial charge on any atom is -0.380 e. The van der Waals surface area contributed by atoms with Gasteiger partial charge in [0.2, 0.25) is 11.0 Å². The number of fused-ring (bicyclic) bond motifs is 1. The van der Waals surface area contributed by atoms with E-state index >= 15 is 0 Å². The number of carbonyl (C=O) groups excluding carboxylic acids is 1. The predicted octanol–water partition coefficient (Wildman–Crippen LogP) is 3.09. The quantitative estimate of drug-likeness (QED) is 0.721. The van der Waals surface area contributed by atoms with E-state index in [9.17, 15) is 4.79 Å². The highest BCUT2D eigenvalue weighted by molar-refractivity contribution is 8.13. The summed E-state index contributed by atoms with van der Waals surface area (Å²) >= 11 is 1.75. The monoisotopic (exact) mass is 435 g/mol. The fourth-order valence-corrected chi connectivity index (χ4v) is 4.77. The summed E-state index contributed by atoms with van der Waals surface area (Å²) in [6.45, 7) is 1.34. The number of rotatable bonds is 4. The van der Waals surface area contributed by atoms with Crippen LogP contribution in [0.2, 0.25) is 0 Å². The van der Waals surface area contributed by atoms with Gasteiger partial charge in [0.15, 0.2) is 6.20 Å². The van der Waals surface area contributed by atoms with E-state index in [1.54, 1.807) is 11.8 Å². The van der Waals surface area contributed by atoms with Gasteiger partial charge in [0.1, 0.15) is 19.1 Å². The molecule has 2 aromatic rings. The van der Waals surface area contributed by atoms with Crippen molar-refractivity contribution >= 4 is 39.3 Å². The number of nitrogens with zero attached hydrogens (tertiary/aromatic N) is 4. The number of likely N-dealkylation sites (tertiary alicyclic amines) is 1. The second kappa shape index (κ2) is 9.40. The predicted molar refractivity (Wildman–Crippen MR) is 124 cm³/mol. The Morgan fingerprint density at radius 2 is 2.39 bits per heavy atom. The topological polar surface area (TPSA) is 87.8 Å². The van der Waals surface area contributed by atoms with Crippen LogP contribution in [-0.2, 0) is 4.79 Å². The smallest absolute Gasteiger partial charge is 0.236 e. The van der Waals surface area contributed by atoms with Gasteiger partial charge in [0.25, 0.3) is 0 Å². The summed E-state index contributed by atoms with van der Waals surface area (Å²) < 4.78 is 2.18. The zero-order chi connectivity index (χ0) is 21.8. The van der Waals surface area contributed by atoms with Gasteiger partial charge in [-0.15, -0.1) is 0 Å². The van der Waals surface area contributed by atoms with Crippen molar-refractivity contribution in [3.63, 3.8) is 0 Å². The van der Waals surface area contributed by atoms with Crippen LogP contribution in [0.15, 0.2) is 42.5 Å². The van der Waals surface area contributed by atoms with E-state index in [0.717, 1.165) is 53.7 Å². The Bertz CT molecular complexity index is 1120. The van der Waals surface area contributed by atoms with Crippen molar-refractivity contribution in [2.24, 2.45) is 0 Å². The largest absolute Gasteiger partial charge is 0.380 e. The Labute approximate surface area is 186 Å². The Kier molecular flexibility index (Phi) is 6.42. The van der Waals surface area contributed by atoms with Gasteiger partial charge in [-0.25, -0.2) is 4.98 Å². The lowest BCUT2D eigenvalue weighted by Gasteiger charge is -2.34. The third kappa shape index (κ3) is 4.67. The van der Waals surface area contributed by atoms with Gasteiger partial charge in [0, 0.05) is 48.2 Å². The van der Waals surface area contributed by atoms with Crippen molar-refractivity contribution in [1.29, 1.82) is 5.26 Å². The second-order valence-electron chi connectivity index (χ2n) is 7.87. The SMILES string of the molecule is CSC1=[N+](C)C=C(c2cnc3[nH]ccc3c2)C(NC2CCCN(C(=O)CC#N)C2)=CC1. The molecule has 4 heterocycles. The number of amides is 1. The molecule has 0 saturated carbocycles. The molecule has 31 heavy (non-hydrogen) atoms. The average molecular weight is 436 g/mol. The lowest BCUT2D eigenvalue weighted by molar-refractivity contribution is -0.418. The first-order valence-electron chi connectivity index (χ1n) is 10.5. The molecule has 1 fully saturated rings. The van der Waals surface area contributed by atoms with Crippen molar-refractivity contribution in [2.45, 2.75) is 31.7 Å². The highest BCUT2D eigenvalue weighted by Crippen LogP contribution is 2.28. The first-order chi connectivity index (χ1) is 15.1. The minimum absolute atomic E-state index is 0.0558. The molecule has 0 aromatic carbocycles. The van der Waals surface area contributed by atoms with Crippen molar-refractivity contribution in [2.75, 3.05) is 26.4 Å². The van der Waals surface area contributed by atoms with Gasteiger partial charge < -0.3 is 15.2 Å². The van der Waals surface area contributed by atoms with E-state index in [4.69, 9.17) is 5.26 Å². The first-order valence-corrected chi connectivity index (χ1v) is 11.7. The normalized spacial score (nSPS) is 19.5. The molecule has 2 aliphatic rings. The number of nitriles is 1. The van der Waals surface area contributed by atoms with Crippen LogP contribution < -0.4 is 5.32 Å². The Morgan fingerprint density at radius 3 is 3.19 bits per heavy atom. The van der Waals surface area contributed by atoms with Crippen LogP contribution in [0.1, 0.15) is 31.2 Å². The maximum atomic E-state index is 12.2. The summed E-state index contributed by atoms with van der Waals surface area (Å²) in [7, 11) is 2.08. The van der Waals surface area contributed by atoms with E-state index in [1.807, 2.05) is 29.4 Å². The number of aromatic nitrogens is 2. The highest BCUT2D eigenvalue weighted by atomic mass is 32.2. The number of thioether (sulfide) groups is 1. The van der Waals surface area contributed by atoms with Crippen molar-refractivity contribution < 1.29 is 9.37 Å². The van der Waals surface area contributed by atoms with Crippen LogP contribution in [-0.4, -0.2) is 62.8 Å². The molecule has 1 atom stereocenters. The van der Waals surface area contributed by atoms with Crippen LogP contribution in [0.5, 0.6) is 0 Å². The van der Waals surface area contributed by atoms with Gasteiger partial charge in [-0.05, 0) is 37.3 Å². The number of nitrogens with one attached hydrogen (secondary N) is 2. The zero-order valence-electron chi connectivity index (χ0n) is 17.9. The summed E-state index contributed by atoms with van der Waals surface area (Å²) in [6.07, 6.45) is 13.0. The van der Waals surface area contributed by atoms with E-state index in [0.29, 0.717) is 6.54 Å². The Morgan fingerprint density at radius 1 is 1.52 bits per heavy atom. The van der Waals surface area contributed by atoms with Crippen LogP contribution in [0.25, 0.3) is 16.6 Å². The summed E-state index contributed by atoms with van der Waals surface area (Å²) in [5.74, 6) is -0.0838. The summed E-state index contributed by atoms with van der Waals surface area (Å²) in [4.78, 5) is 21.8. The van der Waals surface area contributed by atoms with Gasteiger partial charge in [-0.2, -0.15) is 9.84 Å². The van der Waals surface area contributed by atoms with Crippen molar-refractivity contribution in [3.05, 3.63) is 48.1 Å². The third-order valence-corrected chi connectivity index (χ3v) is 6.72. The van der Waals surface area contributed by atoms with E-state index < -0.39 is 0 Å². The maximum absolute atomic E-state index is 12.2. The van der Waals surface area contributed by atoms with Gasteiger partial charge in [-0.3, -0.25) is 4.79 Å². The maximum Gasteiger partial charge on any atom is 0.236 e. The number of carbonyl (C=O) groups is 1. The molecule has 1 amide bonds. The average Bonchev–Trinajstić information content (AvgIpc) is 3.19. The second-order valence-corrected chi connectivity index (χ2v) is 8.75. The Balaban J connectivity index is 1.63. The van der Waals surface area contributed by atoms with E-state index in [2.05, 4.69) is 51.5 Å². The van der Waals surface area contributed by atoms with Crippen LogP contribution >= 0.6 is 11.8 Å². The molecule has 2 N–H and O–H groups in total. The molecule has 2 aromatic heterocycles. The molecule has 1 unspecified atom stereocenters. The molecule has 4 rings (SSSR count). The zero-order valence-corrected chi connectivity index (χ0v) is 18.7. The van der Waals surface area contributed by atoms with E-state index in [1.165, 1.54) is 5.04 Å². The molecule has 0 radical (unpaired) electrons. The number of piperidine rings is 1. The molecule has 8 heteroatoms. The van der Waals surface area contributed by atoms with Crippen molar-refractivity contribution in [3.8, 4) is 6.07 Å². The van der Waals surface area contributed by atoms with Crippen LogP contribution in [0.3, 0.4) is 0 Å². The minimum atomic E-state index is -0.0838. The molecule has 7 nitrogen and oxygen atoms in total. The van der Waals surface area contributed by atoms with Crippen molar-refractivity contribution in [1.82, 2.24) is 20.2 Å². The molecule has 0 aliphatic carbocycles. The molecular formula is C23H27N6OS+. The molecular weight excluding hydrogens is 408 g/mol.